The molecule has 0 unspecified atom stereocenters. The highest BCUT2D eigenvalue weighted by Gasteiger charge is 2.24. The summed E-state index contributed by atoms with van der Waals surface area (Å²) in [5.74, 6) is -1.22. The van der Waals surface area contributed by atoms with Gasteiger partial charge in [0.05, 0.1) is 11.2 Å². The average molecular weight is 474 g/mol. The van der Waals surface area contributed by atoms with E-state index in [1.807, 2.05) is 51.1 Å². The number of para-hydroxylation sites is 1. The zero-order valence-corrected chi connectivity index (χ0v) is 19.9. The van der Waals surface area contributed by atoms with Crippen molar-refractivity contribution in [3.05, 3.63) is 88.5 Å². The molecular formula is C27H27N3O5. The third-order valence-electron chi connectivity index (χ3n) is 5.41. The summed E-state index contributed by atoms with van der Waals surface area (Å²) in [6.45, 7) is 6.13. The summed E-state index contributed by atoms with van der Waals surface area (Å²) in [6, 6.07) is 17.4. The van der Waals surface area contributed by atoms with Crippen LogP contribution in [0.3, 0.4) is 0 Å². The Balaban J connectivity index is 1.74. The number of aromatic nitrogens is 3. The largest absolute Gasteiger partial charge is 0.457 e. The van der Waals surface area contributed by atoms with Crippen LogP contribution in [-0.2, 0) is 16.1 Å². The minimum absolute atomic E-state index is 0.0414. The van der Waals surface area contributed by atoms with Gasteiger partial charge < -0.3 is 14.5 Å². The molecule has 8 heteroatoms. The van der Waals surface area contributed by atoms with E-state index in [0.29, 0.717) is 17.6 Å². The number of benzene rings is 2. The van der Waals surface area contributed by atoms with Crippen molar-refractivity contribution in [3.63, 3.8) is 0 Å². The van der Waals surface area contributed by atoms with E-state index >= 15 is 0 Å². The Hall–Kier alpha value is -4.20. The number of fused-ring (bicyclic) bond motifs is 1. The molecule has 0 atom stereocenters. The maximum atomic E-state index is 13.1. The van der Waals surface area contributed by atoms with Crippen LogP contribution >= 0.6 is 0 Å². The normalized spacial score (nSPS) is 11.4. The Bertz CT molecular complexity index is 1410. The van der Waals surface area contributed by atoms with E-state index in [1.54, 1.807) is 30.5 Å². The third-order valence-corrected chi connectivity index (χ3v) is 5.41. The van der Waals surface area contributed by atoms with Crippen LogP contribution in [0.5, 0.6) is 5.75 Å². The summed E-state index contributed by atoms with van der Waals surface area (Å²) in [7, 11) is 0. The van der Waals surface area contributed by atoms with Gasteiger partial charge in [0.2, 0.25) is 0 Å². The van der Waals surface area contributed by atoms with Crippen LogP contribution in [-0.4, -0.2) is 26.5 Å². The van der Waals surface area contributed by atoms with Gasteiger partial charge in [-0.2, -0.15) is 0 Å². The van der Waals surface area contributed by atoms with Crippen molar-refractivity contribution in [3.8, 4) is 11.4 Å². The van der Waals surface area contributed by atoms with Gasteiger partial charge in [0, 0.05) is 12.6 Å². The van der Waals surface area contributed by atoms with Gasteiger partial charge in [0.25, 0.3) is 0 Å². The molecule has 0 radical (unpaired) electrons. The number of esters is 2. The van der Waals surface area contributed by atoms with Gasteiger partial charge >= 0.3 is 17.6 Å². The lowest BCUT2D eigenvalue weighted by Gasteiger charge is -2.18. The monoisotopic (exact) mass is 473 g/mol. The predicted octanol–water partition coefficient (Wildman–Crippen LogP) is 4.80. The van der Waals surface area contributed by atoms with Gasteiger partial charge in [-0.15, -0.1) is 0 Å². The van der Waals surface area contributed by atoms with Crippen molar-refractivity contribution in [2.75, 3.05) is 0 Å². The minimum Gasteiger partial charge on any atom is -0.457 e. The summed E-state index contributed by atoms with van der Waals surface area (Å²) in [6.07, 6.45) is 2.30. The van der Waals surface area contributed by atoms with Crippen molar-refractivity contribution < 1.29 is 19.1 Å². The highest BCUT2D eigenvalue weighted by Crippen LogP contribution is 2.31. The highest BCUT2D eigenvalue weighted by molar-refractivity contribution is 5.95. The number of hydrogen-bond acceptors (Lipinski definition) is 6. The maximum absolute atomic E-state index is 13.1. The second kappa shape index (κ2) is 9.97. The second-order valence-corrected chi connectivity index (χ2v) is 9.39. The number of imidazole rings is 1. The molecule has 8 nitrogen and oxygen atoms in total. The molecule has 2 heterocycles. The Labute approximate surface area is 202 Å². The third kappa shape index (κ3) is 5.66. The first-order valence-corrected chi connectivity index (χ1v) is 11.3. The molecule has 0 fully saturated rings. The lowest BCUT2D eigenvalue weighted by molar-refractivity contribution is -0.135. The number of H-pyrrole nitrogens is 1. The Morgan fingerprint density at radius 2 is 1.77 bits per heavy atom. The van der Waals surface area contributed by atoms with Crippen molar-refractivity contribution in [1.29, 1.82) is 0 Å². The van der Waals surface area contributed by atoms with Crippen molar-refractivity contribution in [2.45, 2.75) is 40.2 Å². The minimum atomic E-state index is -0.671. The molecule has 0 aliphatic heterocycles. The van der Waals surface area contributed by atoms with Crippen molar-refractivity contribution >= 4 is 23.1 Å². The molecule has 0 saturated heterocycles. The van der Waals surface area contributed by atoms with E-state index in [4.69, 9.17) is 9.47 Å². The fraction of sp³-hybridized carbons (Fsp3) is 0.259. The Morgan fingerprint density at radius 3 is 2.51 bits per heavy atom. The van der Waals surface area contributed by atoms with Gasteiger partial charge in [0.15, 0.2) is 11.4 Å². The first kappa shape index (κ1) is 23.9. The van der Waals surface area contributed by atoms with Crippen LogP contribution in [0.15, 0.2) is 71.7 Å². The molecule has 2 aromatic carbocycles. The topological polar surface area (TPSA) is 103 Å². The molecule has 4 rings (SSSR count). The number of pyridine rings is 1. The van der Waals surface area contributed by atoms with Crippen LogP contribution in [0.4, 0.5) is 0 Å². The van der Waals surface area contributed by atoms with Crippen LogP contribution < -0.4 is 10.4 Å². The first-order valence-electron chi connectivity index (χ1n) is 11.3. The smallest absolute Gasteiger partial charge is 0.342 e. The molecule has 0 bridgehead atoms. The molecular weight excluding hydrogens is 446 g/mol. The molecule has 1 N–H and O–H groups in total. The van der Waals surface area contributed by atoms with Gasteiger partial charge in [-0.05, 0) is 41.7 Å². The van der Waals surface area contributed by atoms with Gasteiger partial charge in [0.1, 0.15) is 12.2 Å². The highest BCUT2D eigenvalue weighted by atomic mass is 16.5. The van der Waals surface area contributed by atoms with E-state index in [1.165, 1.54) is 10.6 Å². The second-order valence-electron chi connectivity index (χ2n) is 9.39. The van der Waals surface area contributed by atoms with Crippen molar-refractivity contribution in [2.24, 2.45) is 5.41 Å². The van der Waals surface area contributed by atoms with E-state index < -0.39 is 17.6 Å². The van der Waals surface area contributed by atoms with Crippen LogP contribution in [0.25, 0.3) is 16.9 Å². The number of aromatic amines is 1. The molecule has 0 spiro atoms. The van der Waals surface area contributed by atoms with E-state index in [0.717, 1.165) is 5.56 Å². The number of carbonyl (C=O) groups is 2. The number of hydrogen-bond donors (Lipinski definition) is 1. The van der Waals surface area contributed by atoms with Crippen LogP contribution in [0, 0.1) is 5.41 Å². The molecule has 35 heavy (non-hydrogen) atoms. The quantitative estimate of drug-likeness (QED) is 0.305. The summed E-state index contributed by atoms with van der Waals surface area (Å²) in [5, 5.41) is 0. The maximum Gasteiger partial charge on any atom is 0.342 e. The van der Waals surface area contributed by atoms with E-state index in [-0.39, 0.29) is 35.4 Å². The SMILES string of the molecule is CC(C)(C)CCC(=O)Oc1c(C(=O)OCc2ccccc2)cccc1-n1c(=O)[nH]c2cccnc21. The molecule has 0 saturated carbocycles. The lowest BCUT2D eigenvalue weighted by atomic mass is 9.91. The van der Waals surface area contributed by atoms with Crippen molar-refractivity contribution in [1.82, 2.24) is 14.5 Å². The van der Waals surface area contributed by atoms with Crippen LogP contribution in [0.2, 0.25) is 0 Å². The molecule has 0 amide bonds. The zero-order valence-electron chi connectivity index (χ0n) is 19.9. The number of ether oxygens (including phenoxy) is 2. The summed E-state index contributed by atoms with van der Waals surface area (Å²) >= 11 is 0. The number of rotatable bonds is 7. The van der Waals surface area contributed by atoms with E-state index in [2.05, 4.69) is 9.97 Å². The molecule has 4 aromatic rings. The molecule has 180 valence electrons. The predicted molar refractivity (Wildman–Crippen MR) is 132 cm³/mol. The fourth-order valence-corrected chi connectivity index (χ4v) is 3.58. The first-order chi connectivity index (χ1) is 16.7. The fourth-order valence-electron chi connectivity index (χ4n) is 3.58. The van der Waals surface area contributed by atoms with E-state index in [9.17, 15) is 14.4 Å². The Kier molecular flexibility index (Phi) is 6.82. The number of carbonyl (C=O) groups excluding carboxylic acids is 2. The lowest BCUT2D eigenvalue weighted by Crippen LogP contribution is -2.20. The molecule has 0 aliphatic carbocycles. The summed E-state index contributed by atoms with van der Waals surface area (Å²) in [4.78, 5) is 45.7. The van der Waals surface area contributed by atoms with Crippen LogP contribution in [0.1, 0.15) is 49.5 Å². The standard InChI is InChI=1S/C27H27N3O5/c1-27(2,3)15-14-22(31)35-23-19(25(32)34-17-18-9-5-4-6-10-18)11-7-13-21(23)30-24-20(29-26(30)33)12-8-16-28-24/h4-13,16H,14-15,17H2,1-3H3,(H,29,33). The molecule has 2 aromatic heterocycles. The summed E-state index contributed by atoms with van der Waals surface area (Å²) < 4.78 is 12.5. The van der Waals surface area contributed by atoms with Gasteiger partial charge in [-0.25, -0.2) is 19.1 Å². The number of nitrogens with one attached hydrogen (secondary N) is 1. The Morgan fingerprint density at radius 1 is 1.00 bits per heavy atom. The van der Waals surface area contributed by atoms with Gasteiger partial charge in [-0.1, -0.05) is 57.2 Å². The zero-order chi connectivity index (χ0) is 25.0. The summed E-state index contributed by atoms with van der Waals surface area (Å²) in [5.41, 5.74) is 1.39. The number of nitrogens with zero attached hydrogens (tertiary/aromatic N) is 2. The average Bonchev–Trinajstić information content (AvgIpc) is 3.17. The van der Waals surface area contributed by atoms with Gasteiger partial charge in [-0.3, -0.25) is 4.79 Å². The molecule has 0 aliphatic rings.